The van der Waals surface area contributed by atoms with Gasteiger partial charge in [0, 0.05) is 24.9 Å². The van der Waals surface area contributed by atoms with Crippen molar-refractivity contribution in [3.63, 3.8) is 0 Å². The van der Waals surface area contributed by atoms with Crippen molar-refractivity contribution in [1.82, 2.24) is 4.90 Å². The van der Waals surface area contributed by atoms with Gasteiger partial charge in [-0.3, -0.25) is 0 Å². The van der Waals surface area contributed by atoms with E-state index in [-0.39, 0.29) is 0 Å². The standard InChI is InChI=1S/C10H18N2/c1-4-8-12(9-5-2)10(3)6-7-11/h6H,4-5,8-9H2,1-3H3/b10-6-. The van der Waals surface area contributed by atoms with Gasteiger partial charge in [0.05, 0.1) is 6.07 Å². The van der Waals surface area contributed by atoms with E-state index in [1.54, 1.807) is 6.08 Å². The molecule has 2 nitrogen and oxygen atoms in total. The minimum atomic E-state index is 1.05. The molecule has 0 saturated heterocycles. The quantitative estimate of drug-likeness (QED) is 0.587. The molecule has 0 rings (SSSR count). The van der Waals surface area contributed by atoms with Crippen LogP contribution in [0.5, 0.6) is 0 Å². The average molecular weight is 166 g/mol. The molecular weight excluding hydrogens is 148 g/mol. The van der Waals surface area contributed by atoms with Crippen molar-refractivity contribution in [2.75, 3.05) is 13.1 Å². The molecule has 0 radical (unpaired) electrons. The van der Waals surface area contributed by atoms with Crippen LogP contribution in [-0.4, -0.2) is 18.0 Å². The van der Waals surface area contributed by atoms with Crippen LogP contribution in [-0.2, 0) is 0 Å². The van der Waals surface area contributed by atoms with Gasteiger partial charge in [0.1, 0.15) is 0 Å². The van der Waals surface area contributed by atoms with Gasteiger partial charge >= 0.3 is 0 Å². The summed E-state index contributed by atoms with van der Waals surface area (Å²) < 4.78 is 0. The summed E-state index contributed by atoms with van der Waals surface area (Å²) in [5.74, 6) is 0. The van der Waals surface area contributed by atoms with E-state index < -0.39 is 0 Å². The molecular formula is C10H18N2. The Morgan fingerprint density at radius 2 is 1.83 bits per heavy atom. The lowest BCUT2D eigenvalue weighted by Gasteiger charge is -2.23. The summed E-state index contributed by atoms with van der Waals surface area (Å²) in [4.78, 5) is 2.25. The number of nitrogens with zero attached hydrogens (tertiary/aromatic N) is 2. The molecule has 0 aliphatic carbocycles. The van der Waals surface area contributed by atoms with Gasteiger partial charge in [0.15, 0.2) is 0 Å². The van der Waals surface area contributed by atoms with Crippen molar-refractivity contribution < 1.29 is 0 Å². The molecule has 0 aromatic carbocycles. The summed E-state index contributed by atoms with van der Waals surface area (Å²) >= 11 is 0. The van der Waals surface area contributed by atoms with Crippen LogP contribution in [0.2, 0.25) is 0 Å². The van der Waals surface area contributed by atoms with E-state index in [4.69, 9.17) is 5.26 Å². The summed E-state index contributed by atoms with van der Waals surface area (Å²) in [6.07, 6.45) is 3.89. The molecule has 0 spiro atoms. The maximum Gasteiger partial charge on any atom is 0.0930 e. The van der Waals surface area contributed by atoms with Gasteiger partial charge in [-0.1, -0.05) is 13.8 Å². The van der Waals surface area contributed by atoms with Gasteiger partial charge < -0.3 is 4.90 Å². The van der Waals surface area contributed by atoms with E-state index >= 15 is 0 Å². The molecule has 0 aromatic heterocycles. The van der Waals surface area contributed by atoms with E-state index in [1.807, 2.05) is 6.92 Å². The first-order valence-electron chi connectivity index (χ1n) is 4.57. The molecule has 0 saturated carbocycles. The maximum atomic E-state index is 8.47. The third-order valence-corrected chi connectivity index (χ3v) is 1.76. The van der Waals surface area contributed by atoms with E-state index in [9.17, 15) is 0 Å². The van der Waals surface area contributed by atoms with Crippen molar-refractivity contribution in [1.29, 1.82) is 5.26 Å². The predicted octanol–water partition coefficient (Wildman–Crippen LogP) is 2.54. The summed E-state index contributed by atoms with van der Waals surface area (Å²) in [5.41, 5.74) is 1.08. The first kappa shape index (κ1) is 11.0. The molecule has 2 heteroatoms. The molecule has 0 aliphatic rings. The zero-order valence-electron chi connectivity index (χ0n) is 8.30. The fourth-order valence-corrected chi connectivity index (χ4v) is 1.19. The van der Waals surface area contributed by atoms with E-state index in [0.29, 0.717) is 0 Å². The summed E-state index contributed by atoms with van der Waals surface area (Å²) in [6, 6.07) is 2.06. The summed E-state index contributed by atoms with van der Waals surface area (Å²) in [6.45, 7) is 8.41. The highest BCUT2D eigenvalue weighted by atomic mass is 15.1. The highest BCUT2D eigenvalue weighted by Gasteiger charge is 2.01. The van der Waals surface area contributed by atoms with Crippen LogP contribution < -0.4 is 0 Å². The second-order valence-electron chi connectivity index (χ2n) is 2.90. The molecule has 0 fully saturated rings. The lowest BCUT2D eigenvalue weighted by Crippen LogP contribution is -2.23. The Bertz CT molecular complexity index is 171. The van der Waals surface area contributed by atoms with E-state index in [1.165, 1.54) is 0 Å². The average Bonchev–Trinajstić information content (AvgIpc) is 2.04. The second-order valence-corrected chi connectivity index (χ2v) is 2.90. The third kappa shape index (κ3) is 4.02. The van der Waals surface area contributed by atoms with Crippen molar-refractivity contribution in [2.45, 2.75) is 33.6 Å². The monoisotopic (exact) mass is 166 g/mol. The predicted molar refractivity (Wildman–Crippen MR) is 51.5 cm³/mol. The Balaban J connectivity index is 4.10. The SMILES string of the molecule is CCCN(CCC)/C(C)=C\C#N. The van der Waals surface area contributed by atoms with Gasteiger partial charge in [0.25, 0.3) is 0 Å². The van der Waals surface area contributed by atoms with Crippen molar-refractivity contribution in [3.8, 4) is 6.07 Å². The smallest absolute Gasteiger partial charge is 0.0930 e. The minimum absolute atomic E-state index is 1.05. The lowest BCUT2D eigenvalue weighted by atomic mass is 10.3. The number of rotatable bonds is 5. The van der Waals surface area contributed by atoms with Gasteiger partial charge in [-0.25, -0.2) is 0 Å². The lowest BCUT2D eigenvalue weighted by molar-refractivity contribution is 0.345. The van der Waals surface area contributed by atoms with E-state index in [2.05, 4.69) is 24.8 Å². The molecule has 0 unspecified atom stereocenters. The first-order chi connectivity index (χ1) is 5.76. The normalized spacial score (nSPS) is 11.0. The zero-order chi connectivity index (χ0) is 9.40. The van der Waals surface area contributed by atoms with Crippen LogP contribution >= 0.6 is 0 Å². The first-order valence-corrected chi connectivity index (χ1v) is 4.57. The number of hydrogen-bond acceptors (Lipinski definition) is 2. The highest BCUT2D eigenvalue weighted by molar-refractivity contribution is 5.10. The Morgan fingerprint density at radius 1 is 1.33 bits per heavy atom. The van der Waals surface area contributed by atoms with Crippen LogP contribution in [0.3, 0.4) is 0 Å². The Morgan fingerprint density at radius 3 is 2.17 bits per heavy atom. The molecule has 0 aliphatic heterocycles. The Labute approximate surface area is 75.5 Å². The fraction of sp³-hybridized carbons (Fsp3) is 0.700. The minimum Gasteiger partial charge on any atom is -0.374 e. The summed E-state index contributed by atoms with van der Waals surface area (Å²) in [5, 5.41) is 8.47. The zero-order valence-corrected chi connectivity index (χ0v) is 8.30. The molecule has 0 aromatic rings. The molecule has 0 atom stereocenters. The molecule has 0 bridgehead atoms. The number of nitriles is 1. The Kier molecular flexibility index (Phi) is 6.18. The van der Waals surface area contributed by atoms with Crippen LogP contribution in [0.4, 0.5) is 0 Å². The van der Waals surface area contributed by atoms with Crippen LogP contribution in [0.25, 0.3) is 0 Å². The number of allylic oxidation sites excluding steroid dienone is 2. The number of hydrogen-bond donors (Lipinski definition) is 0. The van der Waals surface area contributed by atoms with Crippen LogP contribution in [0.15, 0.2) is 11.8 Å². The van der Waals surface area contributed by atoms with Crippen LogP contribution in [0.1, 0.15) is 33.6 Å². The van der Waals surface area contributed by atoms with Crippen LogP contribution in [0, 0.1) is 11.3 Å². The van der Waals surface area contributed by atoms with Crippen molar-refractivity contribution in [2.24, 2.45) is 0 Å². The molecule has 0 heterocycles. The summed E-state index contributed by atoms with van der Waals surface area (Å²) in [7, 11) is 0. The highest BCUT2D eigenvalue weighted by Crippen LogP contribution is 2.04. The largest absolute Gasteiger partial charge is 0.374 e. The van der Waals surface area contributed by atoms with Gasteiger partial charge in [0.2, 0.25) is 0 Å². The van der Waals surface area contributed by atoms with E-state index in [0.717, 1.165) is 31.6 Å². The van der Waals surface area contributed by atoms with Crippen molar-refractivity contribution in [3.05, 3.63) is 11.8 Å². The fourth-order valence-electron chi connectivity index (χ4n) is 1.19. The second kappa shape index (κ2) is 6.72. The maximum absolute atomic E-state index is 8.47. The molecule has 68 valence electrons. The van der Waals surface area contributed by atoms with Gasteiger partial charge in [-0.15, -0.1) is 0 Å². The topological polar surface area (TPSA) is 27.0 Å². The Hall–Kier alpha value is -0.970. The molecule has 0 N–H and O–H groups in total. The van der Waals surface area contributed by atoms with Gasteiger partial charge in [-0.05, 0) is 19.8 Å². The third-order valence-electron chi connectivity index (χ3n) is 1.76. The molecule has 12 heavy (non-hydrogen) atoms. The van der Waals surface area contributed by atoms with Crippen molar-refractivity contribution >= 4 is 0 Å². The molecule has 0 amide bonds. The van der Waals surface area contributed by atoms with Gasteiger partial charge in [-0.2, -0.15) is 5.26 Å².